The molecule has 5 rings (SSSR count). The summed E-state index contributed by atoms with van der Waals surface area (Å²) in [5.74, 6) is 2.02. The molecule has 1 fully saturated rings. The van der Waals surface area contributed by atoms with Crippen molar-refractivity contribution in [3.8, 4) is 11.3 Å². The van der Waals surface area contributed by atoms with Crippen LogP contribution in [-0.2, 0) is 5.54 Å². The van der Waals surface area contributed by atoms with Crippen molar-refractivity contribution in [1.29, 1.82) is 0 Å². The van der Waals surface area contributed by atoms with Gasteiger partial charge in [-0.3, -0.25) is 0 Å². The maximum Gasteiger partial charge on any atom is 0.134 e. The summed E-state index contributed by atoms with van der Waals surface area (Å²) in [6.45, 7) is 1.96. The first-order valence-electron chi connectivity index (χ1n) is 10.3. The van der Waals surface area contributed by atoms with E-state index in [1.165, 1.54) is 16.1 Å². The van der Waals surface area contributed by atoms with Crippen LogP contribution in [0.2, 0.25) is 0 Å². The molecule has 1 aromatic carbocycles. The number of pyridine rings is 1. The quantitative estimate of drug-likeness (QED) is 0.735. The van der Waals surface area contributed by atoms with E-state index in [-0.39, 0.29) is 12.1 Å². The molecule has 152 valence electrons. The standard InChI is InChI=1S/C22H27N5OS/c1-26-9-11-29-19-12-15(4-5-18(19)26)16-13-17-20(21(25-16)23-8-3-10-28)22(6-7-22)27(2)14-24-17/h4-5,12-14,28H,3,6-11H2,1-2H3,(H,23,25). The van der Waals surface area contributed by atoms with Gasteiger partial charge in [-0.1, -0.05) is 6.07 Å². The number of hydrogen-bond donors (Lipinski definition) is 2. The van der Waals surface area contributed by atoms with Crippen molar-refractivity contribution in [2.24, 2.45) is 4.99 Å². The minimum atomic E-state index is 0.0264. The molecule has 1 spiro atoms. The van der Waals surface area contributed by atoms with Gasteiger partial charge in [0.1, 0.15) is 5.82 Å². The number of benzene rings is 1. The van der Waals surface area contributed by atoms with Crippen LogP contribution in [0.3, 0.4) is 0 Å². The number of aliphatic imine (C=N–C) groups is 1. The average molecular weight is 410 g/mol. The van der Waals surface area contributed by atoms with Gasteiger partial charge in [0, 0.05) is 55.6 Å². The summed E-state index contributed by atoms with van der Waals surface area (Å²) in [7, 11) is 4.25. The van der Waals surface area contributed by atoms with E-state index in [9.17, 15) is 5.11 Å². The second-order valence-corrected chi connectivity index (χ2v) is 9.23. The van der Waals surface area contributed by atoms with Crippen LogP contribution < -0.4 is 10.2 Å². The fourth-order valence-corrected chi connectivity index (χ4v) is 5.50. The van der Waals surface area contributed by atoms with E-state index >= 15 is 0 Å². The zero-order valence-corrected chi connectivity index (χ0v) is 17.8. The fraction of sp³-hybridized carbons (Fsp3) is 0.455. The molecule has 0 bridgehead atoms. The van der Waals surface area contributed by atoms with Crippen LogP contribution in [0, 0.1) is 0 Å². The summed E-state index contributed by atoms with van der Waals surface area (Å²) in [4.78, 5) is 15.6. The molecule has 0 atom stereocenters. The van der Waals surface area contributed by atoms with E-state index < -0.39 is 0 Å². The van der Waals surface area contributed by atoms with Crippen molar-refractivity contribution >= 4 is 35.3 Å². The molecule has 7 heteroatoms. The Hall–Kier alpha value is -2.25. The molecule has 1 saturated carbocycles. The highest BCUT2D eigenvalue weighted by Gasteiger charge is 2.52. The molecule has 2 N–H and O–H groups in total. The third-order valence-corrected chi connectivity index (χ3v) is 7.24. The Bertz CT molecular complexity index is 972. The largest absolute Gasteiger partial charge is 0.396 e. The van der Waals surface area contributed by atoms with Gasteiger partial charge in [0.2, 0.25) is 0 Å². The number of aromatic nitrogens is 1. The molecule has 1 aromatic heterocycles. The predicted octanol–water partition coefficient (Wildman–Crippen LogP) is 3.68. The van der Waals surface area contributed by atoms with Crippen LogP contribution in [0.5, 0.6) is 0 Å². The molecule has 3 aliphatic rings. The molecule has 1 aliphatic carbocycles. The van der Waals surface area contributed by atoms with Gasteiger partial charge in [-0.15, -0.1) is 11.8 Å². The van der Waals surface area contributed by atoms with Crippen LogP contribution >= 0.6 is 11.8 Å². The Morgan fingerprint density at radius 1 is 1.24 bits per heavy atom. The molecule has 0 radical (unpaired) electrons. The Balaban J connectivity index is 1.59. The molecule has 3 heterocycles. The molecular formula is C22H27N5OS. The lowest BCUT2D eigenvalue weighted by atomic mass is 9.98. The highest BCUT2D eigenvalue weighted by atomic mass is 32.2. The smallest absolute Gasteiger partial charge is 0.134 e. The highest BCUT2D eigenvalue weighted by Crippen LogP contribution is 2.57. The summed E-state index contributed by atoms with van der Waals surface area (Å²) < 4.78 is 0. The van der Waals surface area contributed by atoms with Crippen molar-refractivity contribution in [3.63, 3.8) is 0 Å². The highest BCUT2D eigenvalue weighted by molar-refractivity contribution is 7.99. The van der Waals surface area contributed by atoms with Gasteiger partial charge in [0.05, 0.1) is 28.9 Å². The van der Waals surface area contributed by atoms with Gasteiger partial charge in [-0.05, 0) is 37.5 Å². The normalized spacial score (nSPS) is 18.6. The lowest BCUT2D eigenvalue weighted by Gasteiger charge is -2.33. The number of hydrogen-bond acceptors (Lipinski definition) is 7. The second kappa shape index (κ2) is 7.22. The Morgan fingerprint density at radius 2 is 2.10 bits per heavy atom. The number of aliphatic hydroxyl groups excluding tert-OH is 1. The Labute approximate surface area is 176 Å². The third kappa shape index (κ3) is 3.16. The van der Waals surface area contributed by atoms with Gasteiger partial charge < -0.3 is 20.2 Å². The number of thioether (sulfide) groups is 1. The maximum absolute atomic E-state index is 9.21. The van der Waals surface area contributed by atoms with E-state index in [4.69, 9.17) is 9.98 Å². The van der Waals surface area contributed by atoms with Crippen LogP contribution in [0.15, 0.2) is 34.2 Å². The number of nitrogens with one attached hydrogen (secondary N) is 1. The van der Waals surface area contributed by atoms with Crippen molar-refractivity contribution < 1.29 is 5.11 Å². The Morgan fingerprint density at radius 3 is 2.90 bits per heavy atom. The van der Waals surface area contributed by atoms with Crippen molar-refractivity contribution in [3.05, 3.63) is 29.8 Å². The summed E-state index contributed by atoms with van der Waals surface area (Å²) in [6.07, 6.45) is 4.91. The molecular weight excluding hydrogens is 382 g/mol. The fourth-order valence-electron chi connectivity index (χ4n) is 4.33. The van der Waals surface area contributed by atoms with Crippen molar-refractivity contribution in [1.82, 2.24) is 9.88 Å². The number of aliphatic hydroxyl groups is 1. The van der Waals surface area contributed by atoms with Gasteiger partial charge in [-0.2, -0.15) is 0 Å². The van der Waals surface area contributed by atoms with Gasteiger partial charge in [-0.25, -0.2) is 9.98 Å². The minimum absolute atomic E-state index is 0.0264. The number of rotatable bonds is 5. The van der Waals surface area contributed by atoms with Crippen molar-refractivity contribution in [2.75, 3.05) is 49.8 Å². The molecule has 0 amide bonds. The van der Waals surface area contributed by atoms with Crippen molar-refractivity contribution in [2.45, 2.75) is 29.7 Å². The van der Waals surface area contributed by atoms with Gasteiger partial charge in [0.15, 0.2) is 0 Å². The van der Waals surface area contributed by atoms with Gasteiger partial charge >= 0.3 is 0 Å². The van der Waals surface area contributed by atoms with Crippen LogP contribution in [0.4, 0.5) is 17.2 Å². The second-order valence-electron chi connectivity index (χ2n) is 8.09. The Kier molecular flexibility index (Phi) is 4.67. The SMILES string of the molecule is CN1CCSc2cc(-c3cc4c(c(NCCCO)n3)C3(CC3)N(C)C=N4)ccc21. The van der Waals surface area contributed by atoms with Crippen LogP contribution in [-0.4, -0.2) is 60.9 Å². The summed E-state index contributed by atoms with van der Waals surface area (Å²) in [5, 5.41) is 12.7. The average Bonchev–Trinajstić information content (AvgIpc) is 3.52. The number of nitrogens with zero attached hydrogens (tertiary/aromatic N) is 4. The molecule has 0 saturated heterocycles. The molecule has 29 heavy (non-hydrogen) atoms. The summed E-state index contributed by atoms with van der Waals surface area (Å²) in [6, 6.07) is 8.76. The molecule has 0 unspecified atom stereocenters. The van der Waals surface area contributed by atoms with E-state index in [0.29, 0.717) is 13.0 Å². The summed E-state index contributed by atoms with van der Waals surface area (Å²) >= 11 is 1.91. The number of anilines is 2. The topological polar surface area (TPSA) is 64.0 Å². The zero-order chi connectivity index (χ0) is 20.0. The lowest BCUT2D eigenvalue weighted by Crippen LogP contribution is -2.34. The first-order valence-corrected chi connectivity index (χ1v) is 11.3. The molecule has 2 aliphatic heterocycles. The predicted molar refractivity (Wildman–Crippen MR) is 121 cm³/mol. The maximum atomic E-state index is 9.21. The monoisotopic (exact) mass is 409 g/mol. The number of fused-ring (bicyclic) bond motifs is 3. The van der Waals surface area contributed by atoms with E-state index in [1.54, 1.807) is 0 Å². The van der Waals surface area contributed by atoms with Gasteiger partial charge in [0.25, 0.3) is 0 Å². The van der Waals surface area contributed by atoms with Crippen LogP contribution in [0.25, 0.3) is 11.3 Å². The van der Waals surface area contributed by atoms with E-state index in [2.05, 4.69) is 53.5 Å². The van der Waals surface area contributed by atoms with Crippen LogP contribution in [0.1, 0.15) is 24.8 Å². The third-order valence-electron chi connectivity index (χ3n) is 6.21. The molecule has 2 aromatic rings. The summed E-state index contributed by atoms with van der Waals surface area (Å²) in [5.41, 5.74) is 5.61. The lowest BCUT2D eigenvalue weighted by molar-refractivity contribution is 0.292. The molecule has 6 nitrogen and oxygen atoms in total. The first-order chi connectivity index (χ1) is 14.1. The first kappa shape index (κ1) is 18.8. The minimum Gasteiger partial charge on any atom is -0.396 e. The van der Waals surface area contributed by atoms with E-state index in [0.717, 1.165) is 47.9 Å². The van der Waals surface area contributed by atoms with E-state index in [1.807, 2.05) is 18.1 Å². The zero-order valence-electron chi connectivity index (χ0n) is 17.0.